The van der Waals surface area contributed by atoms with Crippen molar-refractivity contribution >= 4 is 39.1 Å². The van der Waals surface area contributed by atoms with Crippen molar-refractivity contribution in [3.05, 3.63) is 20.8 Å². The summed E-state index contributed by atoms with van der Waals surface area (Å²) in [7, 11) is 1.97. The van der Waals surface area contributed by atoms with E-state index in [0.29, 0.717) is 32.7 Å². The van der Waals surface area contributed by atoms with Gasteiger partial charge in [-0.15, -0.1) is 11.3 Å². The summed E-state index contributed by atoms with van der Waals surface area (Å²) in [4.78, 5) is 31.5. The van der Waals surface area contributed by atoms with Gasteiger partial charge in [-0.1, -0.05) is 0 Å². The number of likely N-dealkylation sites (N-methyl/N-ethyl adjacent to an activating group) is 1. The number of hydrogen-bond acceptors (Lipinski definition) is 4. The van der Waals surface area contributed by atoms with E-state index in [-0.39, 0.29) is 17.7 Å². The highest BCUT2D eigenvalue weighted by atomic mass is 79.9. The SMILES string of the molecule is CN(CC(=O)N1CCN(C(=O)C2CC2)CC1)Cc1cc(Br)cs1. The first kappa shape index (κ1) is 16.9. The molecule has 0 spiro atoms. The number of hydrogen-bond donors (Lipinski definition) is 0. The van der Waals surface area contributed by atoms with E-state index in [9.17, 15) is 9.59 Å². The fraction of sp³-hybridized carbons (Fsp3) is 0.625. The Hall–Kier alpha value is -0.920. The summed E-state index contributed by atoms with van der Waals surface area (Å²) in [6.45, 7) is 3.89. The van der Waals surface area contributed by atoms with Crippen molar-refractivity contribution in [2.24, 2.45) is 5.92 Å². The molecule has 1 aromatic rings. The highest BCUT2D eigenvalue weighted by Crippen LogP contribution is 2.31. The first-order valence-electron chi connectivity index (χ1n) is 8.01. The average Bonchev–Trinajstić information content (AvgIpc) is 3.30. The van der Waals surface area contributed by atoms with Crippen molar-refractivity contribution in [1.82, 2.24) is 14.7 Å². The van der Waals surface area contributed by atoms with Gasteiger partial charge in [-0.25, -0.2) is 0 Å². The smallest absolute Gasteiger partial charge is 0.236 e. The molecule has 0 atom stereocenters. The number of amides is 2. The summed E-state index contributed by atoms with van der Waals surface area (Å²) in [5, 5.41) is 2.06. The molecule has 0 radical (unpaired) electrons. The number of halogens is 1. The van der Waals surface area contributed by atoms with Gasteiger partial charge in [0.2, 0.25) is 11.8 Å². The zero-order valence-electron chi connectivity index (χ0n) is 13.3. The second kappa shape index (κ2) is 7.32. The minimum Gasteiger partial charge on any atom is -0.339 e. The van der Waals surface area contributed by atoms with E-state index in [4.69, 9.17) is 0 Å². The summed E-state index contributed by atoms with van der Waals surface area (Å²) in [5.74, 6) is 0.715. The lowest BCUT2D eigenvalue weighted by molar-refractivity contribution is -0.140. The van der Waals surface area contributed by atoms with Crippen molar-refractivity contribution in [1.29, 1.82) is 0 Å². The molecule has 126 valence electrons. The van der Waals surface area contributed by atoms with Gasteiger partial charge in [0.1, 0.15) is 0 Å². The van der Waals surface area contributed by atoms with Crippen LogP contribution in [0.25, 0.3) is 0 Å². The largest absolute Gasteiger partial charge is 0.339 e. The van der Waals surface area contributed by atoms with Gasteiger partial charge in [0, 0.05) is 53.4 Å². The molecule has 0 bridgehead atoms. The van der Waals surface area contributed by atoms with Crippen LogP contribution in [0.5, 0.6) is 0 Å². The predicted molar refractivity (Wildman–Crippen MR) is 94.2 cm³/mol. The van der Waals surface area contributed by atoms with Gasteiger partial charge in [0.05, 0.1) is 6.54 Å². The van der Waals surface area contributed by atoms with Gasteiger partial charge in [-0.2, -0.15) is 0 Å². The Morgan fingerprint density at radius 3 is 2.48 bits per heavy atom. The highest BCUT2D eigenvalue weighted by molar-refractivity contribution is 9.10. The first-order valence-corrected chi connectivity index (χ1v) is 9.68. The number of carbonyl (C=O) groups excluding carboxylic acids is 2. The number of rotatable bonds is 5. The Balaban J connectivity index is 1.42. The quantitative estimate of drug-likeness (QED) is 0.760. The molecule has 1 saturated heterocycles. The van der Waals surface area contributed by atoms with Crippen LogP contribution in [0.4, 0.5) is 0 Å². The van der Waals surface area contributed by atoms with Crippen LogP contribution in [0.2, 0.25) is 0 Å². The van der Waals surface area contributed by atoms with Gasteiger partial charge < -0.3 is 9.80 Å². The highest BCUT2D eigenvalue weighted by Gasteiger charge is 2.35. The molecular formula is C16H22BrN3O2S. The Bertz CT molecular complexity index is 580. The number of nitrogens with zero attached hydrogens (tertiary/aromatic N) is 3. The predicted octanol–water partition coefficient (Wildman–Crippen LogP) is 2.02. The van der Waals surface area contributed by atoms with Gasteiger partial charge in [-0.05, 0) is 41.9 Å². The third-order valence-corrected chi connectivity index (χ3v) is 6.01. The van der Waals surface area contributed by atoms with E-state index in [1.54, 1.807) is 11.3 Å². The van der Waals surface area contributed by atoms with Crippen LogP contribution in [-0.2, 0) is 16.1 Å². The maximum Gasteiger partial charge on any atom is 0.236 e. The van der Waals surface area contributed by atoms with Crippen LogP contribution in [0.3, 0.4) is 0 Å². The van der Waals surface area contributed by atoms with Gasteiger partial charge in [-0.3, -0.25) is 14.5 Å². The Morgan fingerprint density at radius 1 is 1.26 bits per heavy atom. The lowest BCUT2D eigenvalue weighted by atomic mass is 10.2. The van der Waals surface area contributed by atoms with Crippen LogP contribution in [0, 0.1) is 5.92 Å². The van der Waals surface area contributed by atoms with Crippen molar-refractivity contribution in [2.45, 2.75) is 19.4 Å². The third kappa shape index (κ3) is 4.55. The molecule has 5 nitrogen and oxygen atoms in total. The van der Waals surface area contributed by atoms with E-state index >= 15 is 0 Å². The molecule has 2 amide bonds. The van der Waals surface area contributed by atoms with Crippen molar-refractivity contribution in [3.8, 4) is 0 Å². The second-order valence-corrected chi connectivity index (χ2v) is 8.30. The van der Waals surface area contributed by atoms with E-state index in [1.807, 2.05) is 21.7 Å². The zero-order valence-corrected chi connectivity index (χ0v) is 15.7. The molecule has 3 rings (SSSR count). The summed E-state index contributed by atoms with van der Waals surface area (Å²) in [6.07, 6.45) is 2.09. The minimum atomic E-state index is 0.154. The van der Waals surface area contributed by atoms with Crippen LogP contribution in [0.1, 0.15) is 17.7 Å². The molecule has 23 heavy (non-hydrogen) atoms. The maximum absolute atomic E-state index is 12.4. The van der Waals surface area contributed by atoms with Crippen LogP contribution in [0.15, 0.2) is 15.9 Å². The molecule has 0 unspecified atom stereocenters. The fourth-order valence-electron chi connectivity index (χ4n) is 2.85. The molecule has 1 aliphatic heterocycles. The normalized spacial score (nSPS) is 18.6. The molecule has 0 N–H and O–H groups in total. The van der Waals surface area contributed by atoms with Crippen molar-refractivity contribution in [3.63, 3.8) is 0 Å². The molecule has 2 heterocycles. The lowest BCUT2D eigenvalue weighted by Crippen LogP contribution is -2.52. The van der Waals surface area contributed by atoms with Crippen LogP contribution < -0.4 is 0 Å². The summed E-state index contributed by atoms with van der Waals surface area (Å²) >= 11 is 5.15. The molecule has 1 saturated carbocycles. The molecule has 2 fully saturated rings. The summed E-state index contributed by atoms with van der Waals surface area (Å²) < 4.78 is 1.09. The Kier molecular flexibility index (Phi) is 5.38. The van der Waals surface area contributed by atoms with Crippen LogP contribution >= 0.6 is 27.3 Å². The van der Waals surface area contributed by atoms with E-state index in [0.717, 1.165) is 23.9 Å². The molecule has 1 aromatic heterocycles. The van der Waals surface area contributed by atoms with Gasteiger partial charge >= 0.3 is 0 Å². The molecule has 2 aliphatic rings. The molecule has 0 aromatic carbocycles. The minimum absolute atomic E-state index is 0.154. The van der Waals surface area contributed by atoms with E-state index < -0.39 is 0 Å². The topological polar surface area (TPSA) is 43.9 Å². The van der Waals surface area contributed by atoms with E-state index in [1.165, 1.54) is 4.88 Å². The number of carbonyl (C=O) groups is 2. The van der Waals surface area contributed by atoms with Gasteiger partial charge in [0.15, 0.2) is 0 Å². The average molecular weight is 400 g/mol. The third-order valence-electron chi connectivity index (χ3n) is 4.32. The number of piperazine rings is 1. The van der Waals surface area contributed by atoms with E-state index in [2.05, 4.69) is 27.4 Å². The van der Waals surface area contributed by atoms with Crippen molar-refractivity contribution in [2.75, 3.05) is 39.8 Å². The van der Waals surface area contributed by atoms with Crippen molar-refractivity contribution < 1.29 is 9.59 Å². The molecule has 7 heteroatoms. The lowest BCUT2D eigenvalue weighted by Gasteiger charge is -2.35. The fourth-order valence-corrected chi connectivity index (χ4v) is 4.38. The second-order valence-electron chi connectivity index (χ2n) is 6.38. The number of thiophene rings is 1. The molecular weight excluding hydrogens is 378 g/mol. The Labute approximate surface area is 149 Å². The maximum atomic E-state index is 12.4. The summed E-state index contributed by atoms with van der Waals surface area (Å²) in [5.41, 5.74) is 0. The first-order chi connectivity index (χ1) is 11.0. The van der Waals surface area contributed by atoms with Gasteiger partial charge in [0.25, 0.3) is 0 Å². The standard InChI is InChI=1S/C16H22BrN3O2S/c1-18(9-14-8-13(17)11-23-14)10-15(21)19-4-6-20(7-5-19)16(22)12-2-3-12/h8,11-12H,2-7,9-10H2,1H3. The zero-order chi connectivity index (χ0) is 16.4. The monoisotopic (exact) mass is 399 g/mol. The Morgan fingerprint density at radius 2 is 1.91 bits per heavy atom. The molecule has 1 aliphatic carbocycles. The van der Waals surface area contributed by atoms with Crippen LogP contribution in [-0.4, -0.2) is 66.3 Å². The summed E-state index contributed by atoms with van der Waals surface area (Å²) in [6, 6.07) is 2.09.